The highest BCUT2D eigenvalue weighted by Crippen LogP contribution is 2.36. The second-order valence-electron chi connectivity index (χ2n) is 6.51. The largest absolute Gasteiger partial charge is 0.497 e. The number of hydrogen-bond donors (Lipinski definition) is 2. The topological polar surface area (TPSA) is 83.4 Å². The average molecular weight is 385 g/mol. The van der Waals surface area contributed by atoms with Crippen molar-refractivity contribution < 1.29 is 14.3 Å². The number of methoxy groups -OCH3 is 2. The second kappa shape index (κ2) is 8.42. The first kappa shape index (κ1) is 19.2. The Kier molecular flexibility index (Phi) is 5.99. The molecule has 0 radical (unpaired) electrons. The number of carbonyl (C=O) groups is 1. The van der Waals surface area contributed by atoms with Gasteiger partial charge in [0.15, 0.2) is 0 Å². The number of benzene rings is 1. The molecule has 27 heavy (non-hydrogen) atoms. The van der Waals surface area contributed by atoms with E-state index < -0.39 is 0 Å². The van der Waals surface area contributed by atoms with Crippen molar-refractivity contribution in [3.05, 3.63) is 39.8 Å². The van der Waals surface area contributed by atoms with Crippen molar-refractivity contribution in [3.8, 4) is 17.6 Å². The van der Waals surface area contributed by atoms with Gasteiger partial charge in [0.1, 0.15) is 22.6 Å². The van der Waals surface area contributed by atoms with Crippen LogP contribution in [-0.4, -0.2) is 26.7 Å². The summed E-state index contributed by atoms with van der Waals surface area (Å²) in [6.07, 6.45) is 1.11. The fraction of sp³-hybridized carbons (Fsp3) is 0.400. The molecule has 0 saturated carbocycles. The van der Waals surface area contributed by atoms with Crippen LogP contribution in [0.3, 0.4) is 0 Å². The van der Waals surface area contributed by atoms with Crippen LogP contribution < -0.4 is 20.1 Å². The fourth-order valence-electron chi connectivity index (χ4n) is 3.33. The van der Waals surface area contributed by atoms with E-state index in [1.54, 1.807) is 14.2 Å². The van der Waals surface area contributed by atoms with Gasteiger partial charge in [-0.3, -0.25) is 4.79 Å². The predicted molar refractivity (Wildman–Crippen MR) is 106 cm³/mol. The van der Waals surface area contributed by atoms with Crippen molar-refractivity contribution in [2.45, 2.75) is 32.2 Å². The van der Waals surface area contributed by atoms with E-state index in [0.717, 1.165) is 47.0 Å². The molecule has 6 nitrogen and oxygen atoms in total. The van der Waals surface area contributed by atoms with Crippen molar-refractivity contribution in [1.29, 1.82) is 5.26 Å². The van der Waals surface area contributed by atoms with Gasteiger partial charge < -0.3 is 20.1 Å². The Morgan fingerprint density at radius 2 is 2.22 bits per heavy atom. The van der Waals surface area contributed by atoms with Gasteiger partial charge >= 0.3 is 0 Å². The van der Waals surface area contributed by atoms with Crippen LogP contribution in [-0.2, 0) is 17.8 Å². The van der Waals surface area contributed by atoms with Crippen LogP contribution in [0.15, 0.2) is 18.2 Å². The van der Waals surface area contributed by atoms with Crippen molar-refractivity contribution in [1.82, 2.24) is 5.32 Å². The van der Waals surface area contributed by atoms with Crippen molar-refractivity contribution in [2.75, 3.05) is 26.1 Å². The molecule has 7 heteroatoms. The second-order valence-corrected chi connectivity index (χ2v) is 7.61. The predicted octanol–water partition coefficient (Wildman–Crippen LogP) is 3.41. The molecule has 3 rings (SSSR count). The van der Waals surface area contributed by atoms with Crippen LogP contribution in [0.2, 0.25) is 0 Å². The first-order valence-corrected chi connectivity index (χ1v) is 9.66. The van der Waals surface area contributed by atoms with E-state index in [2.05, 4.69) is 16.7 Å². The minimum absolute atomic E-state index is 0.0585. The van der Waals surface area contributed by atoms with Gasteiger partial charge in [-0.25, -0.2) is 0 Å². The summed E-state index contributed by atoms with van der Waals surface area (Å²) >= 11 is 1.49. The van der Waals surface area contributed by atoms with Crippen LogP contribution in [0.4, 0.5) is 5.00 Å². The molecule has 0 bridgehead atoms. The summed E-state index contributed by atoms with van der Waals surface area (Å²) in [4.78, 5) is 13.8. The monoisotopic (exact) mass is 385 g/mol. The molecule has 0 spiro atoms. The summed E-state index contributed by atoms with van der Waals surface area (Å²) < 4.78 is 10.7. The average Bonchev–Trinajstić information content (AvgIpc) is 3.03. The maximum absolute atomic E-state index is 12.6. The minimum Gasteiger partial charge on any atom is -0.497 e. The van der Waals surface area contributed by atoms with E-state index in [1.807, 2.05) is 25.1 Å². The zero-order chi connectivity index (χ0) is 19.4. The van der Waals surface area contributed by atoms with Gasteiger partial charge in [0.05, 0.1) is 19.8 Å². The Labute approximate surface area is 163 Å². The quantitative estimate of drug-likeness (QED) is 0.796. The zero-order valence-electron chi connectivity index (χ0n) is 15.7. The Morgan fingerprint density at radius 3 is 2.93 bits per heavy atom. The third kappa shape index (κ3) is 4.07. The van der Waals surface area contributed by atoms with Crippen LogP contribution >= 0.6 is 11.3 Å². The van der Waals surface area contributed by atoms with Gasteiger partial charge in [0.2, 0.25) is 5.91 Å². The minimum atomic E-state index is -0.115. The smallest absolute Gasteiger partial charge is 0.225 e. The molecule has 2 aromatic rings. The first-order valence-electron chi connectivity index (χ1n) is 8.84. The van der Waals surface area contributed by atoms with Gasteiger partial charge in [-0.15, -0.1) is 11.3 Å². The molecule has 1 aliphatic heterocycles. The van der Waals surface area contributed by atoms with E-state index in [0.29, 0.717) is 10.6 Å². The highest BCUT2D eigenvalue weighted by atomic mass is 32.1. The number of nitriles is 1. The van der Waals surface area contributed by atoms with E-state index in [9.17, 15) is 10.1 Å². The van der Waals surface area contributed by atoms with Crippen LogP contribution in [0.1, 0.15) is 40.8 Å². The van der Waals surface area contributed by atoms with Crippen molar-refractivity contribution >= 4 is 22.2 Å². The molecule has 0 saturated heterocycles. The summed E-state index contributed by atoms with van der Waals surface area (Å²) in [5.74, 6) is 1.28. The zero-order valence-corrected chi connectivity index (χ0v) is 16.5. The molecule has 1 atom stereocenters. The molecule has 0 aliphatic carbocycles. The lowest BCUT2D eigenvalue weighted by atomic mass is 9.96. The van der Waals surface area contributed by atoms with Gasteiger partial charge in [0, 0.05) is 23.4 Å². The molecule has 0 fully saturated rings. The number of nitrogens with one attached hydrogen (secondary N) is 2. The summed E-state index contributed by atoms with van der Waals surface area (Å²) in [6, 6.07) is 7.83. The fourth-order valence-corrected chi connectivity index (χ4v) is 4.52. The Morgan fingerprint density at radius 1 is 1.41 bits per heavy atom. The summed E-state index contributed by atoms with van der Waals surface area (Å²) in [6.45, 7) is 3.59. The molecular formula is C20H23N3O3S. The molecule has 2 heterocycles. The maximum atomic E-state index is 12.6. The number of anilines is 1. The van der Waals surface area contributed by atoms with E-state index >= 15 is 0 Å². The van der Waals surface area contributed by atoms with E-state index in [4.69, 9.17) is 9.47 Å². The number of fused-ring (bicyclic) bond motifs is 1. The number of hydrogen-bond acceptors (Lipinski definition) is 6. The number of carbonyl (C=O) groups excluding carboxylic acids is 1. The standard InChI is InChI=1S/C20H23N3O3S/c1-12(15-9-13(25-2)4-5-17(15)26-3)8-19(24)23-20-16(10-21)14-6-7-22-11-18(14)27-20/h4-5,9,12,22H,6-8,11H2,1-3H3,(H,23,24). The normalized spacial score (nSPS) is 14.0. The van der Waals surface area contributed by atoms with Gasteiger partial charge in [0.25, 0.3) is 0 Å². The third-order valence-corrected chi connectivity index (χ3v) is 5.90. The molecule has 2 N–H and O–H groups in total. The number of amides is 1. The molecule has 142 valence electrons. The number of rotatable bonds is 6. The molecule has 1 unspecified atom stereocenters. The SMILES string of the molecule is COc1ccc(OC)c(C(C)CC(=O)Nc2sc3c(c2C#N)CCNC3)c1. The lowest BCUT2D eigenvalue weighted by Crippen LogP contribution is -2.22. The number of ether oxygens (including phenoxy) is 2. The van der Waals surface area contributed by atoms with Gasteiger partial charge in [-0.2, -0.15) is 5.26 Å². The summed E-state index contributed by atoms with van der Waals surface area (Å²) in [7, 11) is 3.22. The highest BCUT2D eigenvalue weighted by molar-refractivity contribution is 7.16. The van der Waals surface area contributed by atoms with E-state index in [-0.39, 0.29) is 18.2 Å². The number of thiophene rings is 1. The molecule has 1 aliphatic rings. The maximum Gasteiger partial charge on any atom is 0.225 e. The van der Waals surface area contributed by atoms with Crippen molar-refractivity contribution in [2.24, 2.45) is 0 Å². The van der Waals surface area contributed by atoms with Gasteiger partial charge in [-0.05, 0) is 42.6 Å². The molecule has 1 aromatic heterocycles. The Hall–Kier alpha value is -2.56. The van der Waals surface area contributed by atoms with Crippen molar-refractivity contribution in [3.63, 3.8) is 0 Å². The Balaban J connectivity index is 1.75. The van der Waals surface area contributed by atoms with E-state index in [1.165, 1.54) is 11.3 Å². The molecular weight excluding hydrogens is 362 g/mol. The Bertz CT molecular complexity index is 885. The lowest BCUT2D eigenvalue weighted by molar-refractivity contribution is -0.116. The third-order valence-electron chi connectivity index (χ3n) is 4.75. The highest BCUT2D eigenvalue weighted by Gasteiger charge is 2.23. The molecule has 1 aromatic carbocycles. The summed E-state index contributed by atoms with van der Waals surface area (Å²) in [5.41, 5.74) is 2.60. The molecule has 1 amide bonds. The van der Waals surface area contributed by atoms with Crippen LogP contribution in [0, 0.1) is 11.3 Å². The summed E-state index contributed by atoms with van der Waals surface area (Å²) in [5, 5.41) is 16.4. The van der Waals surface area contributed by atoms with Crippen LogP contribution in [0.25, 0.3) is 0 Å². The number of nitrogens with zero attached hydrogens (tertiary/aromatic N) is 1. The van der Waals surface area contributed by atoms with Crippen LogP contribution in [0.5, 0.6) is 11.5 Å². The first-order chi connectivity index (χ1) is 13.1. The lowest BCUT2D eigenvalue weighted by Gasteiger charge is -2.16. The van der Waals surface area contributed by atoms with Gasteiger partial charge in [-0.1, -0.05) is 6.92 Å².